The minimum atomic E-state index is -3.47. The molecule has 0 radical (unpaired) electrons. The average molecular weight is 312 g/mol. The van der Waals surface area contributed by atoms with E-state index in [1.165, 1.54) is 0 Å². The number of nitrogens with one attached hydrogen (secondary N) is 2. The van der Waals surface area contributed by atoms with Crippen molar-refractivity contribution in [2.24, 2.45) is 5.92 Å². The standard InChI is InChI=1S/C15H24N2O3S/c1-4-16-14-7-11(2)15(12(3)8-14)21(18,19)17-9-13-5-6-20-10-13/h7-8,13,16-17H,4-6,9-10H2,1-3H3. The van der Waals surface area contributed by atoms with Crippen LogP contribution < -0.4 is 10.0 Å². The van der Waals surface area contributed by atoms with Gasteiger partial charge in [-0.1, -0.05) is 0 Å². The summed E-state index contributed by atoms with van der Waals surface area (Å²) in [5.74, 6) is 0.279. The van der Waals surface area contributed by atoms with Crippen molar-refractivity contribution in [3.8, 4) is 0 Å². The van der Waals surface area contributed by atoms with Crippen molar-refractivity contribution < 1.29 is 13.2 Å². The van der Waals surface area contributed by atoms with E-state index in [9.17, 15) is 8.42 Å². The predicted molar refractivity (Wildman–Crippen MR) is 84.2 cm³/mol. The molecular weight excluding hydrogens is 288 g/mol. The van der Waals surface area contributed by atoms with E-state index in [0.717, 1.165) is 36.4 Å². The number of ether oxygens (including phenoxy) is 1. The molecule has 0 spiro atoms. The summed E-state index contributed by atoms with van der Waals surface area (Å²) in [6.07, 6.45) is 0.917. The van der Waals surface area contributed by atoms with Crippen LogP contribution in [0.5, 0.6) is 0 Å². The van der Waals surface area contributed by atoms with Crippen LogP contribution in [0, 0.1) is 19.8 Å². The van der Waals surface area contributed by atoms with Gasteiger partial charge in [-0.25, -0.2) is 13.1 Å². The Morgan fingerprint density at radius 3 is 2.48 bits per heavy atom. The number of benzene rings is 1. The number of hydrogen-bond donors (Lipinski definition) is 2. The third-order valence-electron chi connectivity index (χ3n) is 3.70. The Hall–Kier alpha value is -1.11. The van der Waals surface area contributed by atoms with E-state index >= 15 is 0 Å². The van der Waals surface area contributed by atoms with Crippen molar-refractivity contribution >= 4 is 15.7 Å². The van der Waals surface area contributed by atoms with Crippen molar-refractivity contribution in [1.82, 2.24) is 4.72 Å². The summed E-state index contributed by atoms with van der Waals surface area (Å²) >= 11 is 0. The van der Waals surface area contributed by atoms with E-state index in [2.05, 4.69) is 10.0 Å². The average Bonchev–Trinajstić information content (AvgIpc) is 2.88. The summed E-state index contributed by atoms with van der Waals surface area (Å²) in [6, 6.07) is 3.76. The molecule has 1 aliphatic rings. The van der Waals surface area contributed by atoms with Gasteiger partial charge in [-0.3, -0.25) is 0 Å². The van der Waals surface area contributed by atoms with Crippen molar-refractivity contribution in [3.63, 3.8) is 0 Å². The maximum atomic E-state index is 12.5. The zero-order chi connectivity index (χ0) is 15.5. The third kappa shape index (κ3) is 3.96. The second kappa shape index (κ2) is 6.77. The van der Waals surface area contributed by atoms with E-state index in [0.29, 0.717) is 18.0 Å². The van der Waals surface area contributed by atoms with Crippen LogP contribution in [-0.4, -0.2) is 34.7 Å². The van der Waals surface area contributed by atoms with Crippen molar-refractivity contribution in [3.05, 3.63) is 23.3 Å². The van der Waals surface area contributed by atoms with Crippen LogP contribution in [0.15, 0.2) is 17.0 Å². The number of rotatable bonds is 6. The lowest BCUT2D eigenvalue weighted by Gasteiger charge is -2.16. The molecule has 2 N–H and O–H groups in total. The molecule has 1 aromatic carbocycles. The second-order valence-electron chi connectivity index (χ2n) is 5.55. The van der Waals surface area contributed by atoms with Gasteiger partial charge >= 0.3 is 0 Å². The number of sulfonamides is 1. The maximum absolute atomic E-state index is 12.5. The van der Waals surface area contributed by atoms with Gasteiger partial charge in [0.1, 0.15) is 0 Å². The van der Waals surface area contributed by atoms with Gasteiger partial charge in [0.25, 0.3) is 0 Å². The molecule has 0 amide bonds. The fourth-order valence-electron chi connectivity index (χ4n) is 2.72. The predicted octanol–water partition coefficient (Wildman–Crippen LogP) is 2.05. The van der Waals surface area contributed by atoms with Crippen LogP contribution >= 0.6 is 0 Å². The molecule has 1 atom stereocenters. The molecule has 1 fully saturated rings. The fraction of sp³-hybridized carbons (Fsp3) is 0.600. The minimum Gasteiger partial charge on any atom is -0.385 e. The van der Waals surface area contributed by atoms with Crippen LogP contribution in [0.3, 0.4) is 0 Å². The Morgan fingerprint density at radius 1 is 1.29 bits per heavy atom. The molecule has 1 saturated heterocycles. The Morgan fingerprint density at radius 2 is 1.95 bits per heavy atom. The van der Waals surface area contributed by atoms with Gasteiger partial charge in [-0.05, 0) is 56.4 Å². The molecule has 21 heavy (non-hydrogen) atoms. The van der Waals surface area contributed by atoms with E-state index in [1.807, 2.05) is 32.9 Å². The molecule has 1 unspecified atom stereocenters. The molecule has 118 valence electrons. The first-order valence-corrected chi connectivity index (χ1v) is 8.85. The topological polar surface area (TPSA) is 67.4 Å². The molecule has 1 heterocycles. The van der Waals surface area contributed by atoms with Crippen LogP contribution in [0.2, 0.25) is 0 Å². The Labute approximate surface area is 127 Å². The van der Waals surface area contributed by atoms with Gasteiger partial charge in [0.15, 0.2) is 0 Å². The first-order chi connectivity index (χ1) is 9.94. The van der Waals surface area contributed by atoms with Crippen LogP contribution in [-0.2, 0) is 14.8 Å². The smallest absolute Gasteiger partial charge is 0.241 e. The van der Waals surface area contributed by atoms with Crippen LogP contribution in [0.1, 0.15) is 24.5 Å². The molecule has 1 aromatic rings. The highest BCUT2D eigenvalue weighted by Crippen LogP contribution is 2.24. The summed E-state index contributed by atoms with van der Waals surface area (Å²) in [5.41, 5.74) is 2.48. The first kappa shape index (κ1) is 16.3. The number of aryl methyl sites for hydroxylation is 2. The summed E-state index contributed by atoms with van der Waals surface area (Å²) in [6.45, 7) is 8.30. The van der Waals surface area contributed by atoms with E-state index in [1.54, 1.807) is 0 Å². The zero-order valence-corrected chi connectivity index (χ0v) is 13.7. The summed E-state index contributed by atoms with van der Waals surface area (Å²) in [7, 11) is -3.47. The van der Waals surface area contributed by atoms with Crippen molar-refractivity contribution in [2.45, 2.75) is 32.1 Å². The molecule has 1 aliphatic heterocycles. The normalized spacial score (nSPS) is 18.9. The molecular formula is C15H24N2O3S. The largest absolute Gasteiger partial charge is 0.385 e. The van der Waals surface area contributed by atoms with Crippen LogP contribution in [0.25, 0.3) is 0 Å². The fourth-order valence-corrected chi connectivity index (χ4v) is 4.29. The minimum absolute atomic E-state index is 0.279. The van der Waals surface area contributed by atoms with Gasteiger partial charge in [0.05, 0.1) is 11.5 Å². The molecule has 0 bridgehead atoms. The zero-order valence-electron chi connectivity index (χ0n) is 12.9. The summed E-state index contributed by atoms with van der Waals surface area (Å²) in [5, 5.41) is 3.21. The lowest BCUT2D eigenvalue weighted by molar-refractivity contribution is 0.186. The molecule has 6 heteroatoms. The Kier molecular flexibility index (Phi) is 5.24. The molecule has 0 aromatic heterocycles. The summed E-state index contributed by atoms with van der Waals surface area (Å²) in [4.78, 5) is 0.392. The molecule has 0 saturated carbocycles. The quantitative estimate of drug-likeness (QED) is 0.843. The van der Waals surface area contributed by atoms with E-state index in [-0.39, 0.29) is 5.92 Å². The maximum Gasteiger partial charge on any atom is 0.241 e. The summed E-state index contributed by atoms with van der Waals surface area (Å²) < 4.78 is 33.1. The molecule has 0 aliphatic carbocycles. The highest BCUT2D eigenvalue weighted by atomic mass is 32.2. The lowest BCUT2D eigenvalue weighted by atomic mass is 10.1. The van der Waals surface area contributed by atoms with Gasteiger partial charge in [0, 0.05) is 25.4 Å². The Balaban J connectivity index is 2.18. The highest BCUT2D eigenvalue weighted by molar-refractivity contribution is 7.89. The van der Waals surface area contributed by atoms with E-state index in [4.69, 9.17) is 4.74 Å². The SMILES string of the molecule is CCNc1cc(C)c(S(=O)(=O)NCC2CCOC2)c(C)c1. The number of hydrogen-bond acceptors (Lipinski definition) is 4. The monoisotopic (exact) mass is 312 g/mol. The van der Waals surface area contributed by atoms with Gasteiger partial charge in [-0.2, -0.15) is 0 Å². The van der Waals surface area contributed by atoms with Gasteiger partial charge < -0.3 is 10.1 Å². The third-order valence-corrected chi connectivity index (χ3v) is 5.42. The Bertz CT molecular complexity index is 570. The molecule has 5 nitrogen and oxygen atoms in total. The van der Waals surface area contributed by atoms with Gasteiger partial charge in [-0.15, -0.1) is 0 Å². The first-order valence-electron chi connectivity index (χ1n) is 7.36. The van der Waals surface area contributed by atoms with Gasteiger partial charge in [0.2, 0.25) is 10.0 Å². The highest BCUT2D eigenvalue weighted by Gasteiger charge is 2.23. The molecule has 2 rings (SSSR count). The lowest BCUT2D eigenvalue weighted by Crippen LogP contribution is -2.30. The van der Waals surface area contributed by atoms with Crippen molar-refractivity contribution in [1.29, 1.82) is 0 Å². The number of anilines is 1. The van der Waals surface area contributed by atoms with E-state index < -0.39 is 10.0 Å². The van der Waals surface area contributed by atoms with Crippen LogP contribution in [0.4, 0.5) is 5.69 Å². The van der Waals surface area contributed by atoms with Crippen molar-refractivity contribution in [2.75, 3.05) is 31.6 Å². The second-order valence-corrected chi connectivity index (χ2v) is 7.25.